The van der Waals surface area contributed by atoms with Gasteiger partial charge in [-0.3, -0.25) is 4.90 Å². The number of carboxylic acid groups (broad SMARTS) is 1. The average Bonchev–Trinajstić information content (AvgIpc) is 3.04. The third-order valence-corrected chi connectivity index (χ3v) is 4.09. The predicted octanol–water partition coefficient (Wildman–Crippen LogP) is 2.32. The summed E-state index contributed by atoms with van der Waals surface area (Å²) in [7, 11) is 0. The number of aromatic nitrogens is 3. The summed E-state index contributed by atoms with van der Waals surface area (Å²) in [4.78, 5) is 27.0. The maximum Gasteiger partial charge on any atom is 0.408 e. The molecule has 0 bridgehead atoms. The first kappa shape index (κ1) is 14.6. The lowest BCUT2D eigenvalue weighted by molar-refractivity contribution is 0.0763. The minimum atomic E-state index is -0.867. The van der Waals surface area contributed by atoms with Crippen LogP contribution in [0.25, 0.3) is 11.0 Å². The van der Waals surface area contributed by atoms with Crippen molar-refractivity contribution < 1.29 is 9.90 Å². The van der Waals surface area contributed by atoms with Crippen molar-refractivity contribution >= 4 is 22.9 Å². The molecule has 118 valence electrons. The smallest absolute Gasteiger partial charge is 0.408 e. The Morgan fingerprint density at radius 3 is 2.91 bits per heavy atom. The highest BCUT2D eigenvalue weighted by atomic mass is 16.4. The molecule has 1 amide bonds. The van der Waals surface area contributed by atoms with E-state index in [1.54, 1.807) is 11.2 Å². The number of nitrogens with zero attached hydrogens (tertiary/aromatic N) is 4. The third-order valence-electron chi connectivity index (χ3n) is 4.09. The summed E-state index contributed by atoms with van der Waals surface area (Å²) in [5.41, 5.74) is 0.390. The Kier molecular flexibility index (Phi) is 3.42. The van der Waals surface area contributed by atoms with E-state index in [2.05, 4.69) is 19.9 Å². The van der Waals surface area contributed by atoms with Gasteiger partial charge in [-0.1, -0.05) is 0 Å². The zero-order valence-electron chi connectivity index (χ0n) is 13.1. The maximum atomic E-state index is 11.6. The Balaban J connectivity index is 1.86. The molecule has 1 fully saturated rings. The summed E-state index contributed by atoms with van der Waals surface area (Å²) >= 11 is 0. The van der Waals surface area contributed by atoms with Gasteiger partial charge in [-0.2, -0.15) is 0 Å². The van der Waals surface area contributed by atoms with Crippen molar-refractivity contribution in [2.75, 3.05) is 18.0 Å². The van der Waals surface area contributed by atoms with E-state index in [0.717, 1.165) is 29.8 Å². The highest BCUT2D eigenvalue weighted by Crippen LogP contribution is 2.29. The number of H-pyrrole nitrogens is 1. The normalized spacial score (nSPS) is 18.9. The Morgan fingerprint density at radius 2 is 2.23 bits per heavy atom. The van der Waals surface area contributed by atoms with Crippen LogP contribution in [0.5, 0.6) is 0 Å². The summed E-state index contributed by atoms with van der Waals surface area (Å²) in [6.07, 6.45) is 3.32. The lowest BCUT2D eigenvalue weighted by Gasteiger charge is -2.37. The van der Waals surface area contributed by atoms with Crippen LogP contribution in [0.4, 0.5) is 10.6 Å². The first-order chi connectivity index (χ1) is 10.4. The van der Waals surface area contributed by atoms with E-state index in [-0.39, 0.29) is 6.04 Å². The van der Waals surface area contributed by atoms with Crippen molar-refractivity contribution in [1.82, 2.24) is 19.9 Å². The van der Waals surface area contributed by atoms with Gasteiger partial charge in [0, 0.05) is 24.8 Å². The molecule has 2 aromatic heterocycles. The van der Waals surface area contributed by atoms with Gasteiger partial charge >= 0.3 is 6.09 Å². The first-order valence-electron chi connectivity index (χ1n) is 7.43. The third kappa shape index (κ3) is 2.47. The molecule has 2 N–H and O–H groups in total. The number of nitrogens with one attached hydrogen (secondary N) is 1. The molecule has 3 heterocycles. The van der Waals surface area contributed by atoms with Gasteiger partial charge in [-0.15, -0.1) is 0 Å². The molecule has 0 radical (unpaired) electrons. The van der Waals surface area contributed by atoms with Crippen LogP contribution < -0.4 is 4.90 Å². The maximum absolute atomic E-state index is 11.6. The number of fused-ring (bicyclic) bond motifs is 1. The van der Waals surface area contributed by atoms with Gasteiger partial charge in [-0.25, -0.2) is 14.8 Å². The fraction of sp³-hybridized carbons (Fsp3) is 0.533. The molecule has 1 aliphatic rings. The largest absolute Gasteiger partial charge is 0.465 e. The molecule has 1 atom stereocenters. The molecule has 1 saturated heterocycles. The van der Waals surface area contributed by atoms with Gasteiger partial charge in [0.05, 0.1) is 11.4 Å². The van der Waals surface area contributed by atoms with Gasteiger partial charge < -0.3 is 15.0 Å². The van der Waals surface area contributed by atoms with E-state index in [0.29, 0.717) is 6.54 Å². The Labute approximate surface area is 129 Å². The van der Waals surface area contributed by atoms with E-state index >= 15 is 0 Å². The second kappa shape index (κ2) is 5.15. The van der Waals surface area contributed by atoms with Gasteiger partial charge in [0.15, 0.2) is 0 Å². The molecule has 7 nitrogen and oxygen atoms in total. The van der Waals surface area contributed by atoms with Gasteiger partial charge in [0.25, 0.3) is 0 Å². The van der Waals surface area contributed by atoms with E-state index < -0.39 is 11.6 Å². The second-order valence-electron chi connectivity index (χ2n) is 6.65. The number of amides is 1. The van der Waals surface area contributed by atoms with Crippen molar-refractivity contribution in [1.29, 1.82) is 0 Å². The summed E-state index contributed by atoms with van der Waals surface area (Å²) in [6, 6.07) is 1.93. The molecule has 0 aliphatic carbocycles. The second-order valence-corrected chi connectivity index (χ2v) is 6.65. The van der Waals surface area contributed by atoms with Crippen molar-refractivity contribution in [2.45, 2.75) is 38.8 Å². The van der Waals surface area contributed by atoms with Crippen LogP contribution in [0.3, 0.4) is 0 Å². The predicted molar refractivity (Wildman–Crippen MR) is 84.1 cm³/mol. The van der Waals surface area contributed by atoms with Crippen LogP contribution in [0.1, 0.15) is 27.2 Å². The van der Waals surface area contributed by atoms with Gasteiger partial charge in [0.2, 0.25) is 0 Å². The van der Waals surface area contributed by atoms with E-state index in [4.69, 9.17) is 0 Å². The average molecular weight is 303 g/mol. The van der Waals surface area contributed by atoms with Gasteiger partial charge in [-0.05, 0) is 33.3 Å². The Bertz CT molecular complexity index is 691. The summed E-state index contributed by atoms with van der Waals surface area (Å²) in [5, 5.41) is 10.5. The van der Waals surface area contributed by atoms with Crippen LogP contribution in [0, 0.1) is 0 Å². The molecule has 0 spiro atoms. The van der Waals surface area contributed by atoms with Crippen molar-refractivity contribution in [2.24, 2.45) is 0 Å². The van der Waals surface area contributed by atoms with Crippen molar-refractivity contribution in [3.05, 3.63) is 18.6 Å². The van der Waals surface area contributed by atoms with Crippen LogP contribution in [-0.4, -0.2) is 55.7 Å². The van der Waals surface area contributed by atoms with Crippen molar-refractivity contribution in [3.8, 4) is 0 Å². The number of hydrogen-bond acceptors (Lipinski definition) is 4. The standard InChI is InChI=1S/C15H21N5O2/c1-15(2,3)20(14(21)22)10-5-7-19(8-10)13-11-4-6-16-12(11)17-9-18-13/h4,6,9-10H,5,7-8H2,1-3H3,(H,21,22)(H,16,17,18)/t10-/m1/s1. The molecule has 0 unspecified atom stereocenters. The zero-order chi connectivity index (χ0) is 15.9. The molecule has 22 heavy (non-hydrogen) atoms. The fourth-order valence-corrected chi connectivity index (χ4v) is 3.25. The molecule has 0 saturated carbocycles. The van der Waals surface area contributed by atoms with Crippen LogP contribution in [0.2, 0.25) is 0 Å². The van der Waals surface area contributed by atoms with Crippen LogP contribution in [0.15, 0.2) is 18.6 Å². The highest BCUT2D eigenvalue weighted by molar-refractivity contribution is 5.87. The quantitative estimate of drug-likeness (QED) is 0.889. The van der Waals surface area contributed by atoms with Gasteiger partial charge in [0.1, 0.15) is 17.8 Å². The SMILES string of the molecule is CC(C)(C)N(C(=O)O)[C@@H]1CCN(c2ncnc3[nH]ccc23)C1. The zero-order valence-corrected chi connectivity index (χ0v) is 13.1. The molecule has 1 aliphatic heterocycles. The molecule has 7 heteroatoms. The molecular weight excluding hydrogens is 282 g/mol. The van der Waals surface area contributed by atoms with Crippen molar-refractivity contribution in [3.63, 3.8) is 0 Å². The molecule has 0 aromatic carbocycles. The first-order valence-corrected chi connectivity index (χ1v) is 7.43. The lowest BCUT2D eigenvalue weighted by atomic mass is 10.0. The number of aromatic amines is 1. The topological polar surface area (TPSA) is 85.3 Å². The van der Waals surface area contributed by atoms with Crippen LogP contribution in [-0.2, 0) is 0 Å². The fourth-order valence-electron chi connectivity index (χ4n) is 3.25. The molecule has 3 rings (SSSR count). The van der Waals surface area contributed by atoms with E-state index in [1.165, 1.54) is 0 Å². The number of rotatable bonds is 2. The number of anilines is 1. The van der Waals surface area contributed by atoms with Crippen LogP contribution >= 0.6 is 0 Å². The lowest BCUT2D eigenvalue weighted by Crippen LogP contribution is -2.52. The van der Waals surface area contributed by atoms with E-state index in [1.807, 2.05) is 33.0 Å². The highest BCUT2D eigenvalue weighted by Gasteiger charge is 2.37. The Hall–Kier alpha value is -2.31. The molecule has 2 aromatic rings. The molecular formula is C15H21N5O2. The summed E-state index contributed by atoms with van der Waals surface area (Å²) in [6.45, 7) is 7.24. The minimum absolute atomic E-state index is 0.0264. The summed E-state index contributed by atoms with van der Waals surface area (Å²) in [5.74, 6) is 0.869. The van der Waals surface area contributed by atoms with E-state index in [9.17, 15) is 9.90 Å². The number of hydrogen-bond donors (Lipinski definition) is 2. The Morgan fingerprint density at radius 1 is 1.45 bits per heavy atom. The number of carbonyl (C=O) groups is 1. The minimum Gasteiger partial charge on any atom is -0.465 e. The monoisotopic (exact) mass is 303 g/mol. The summed E-state index contributed by atoms with van der Waals surface area (Å²) < 4.78 is 0.